The number of anilines is 4. The molecule has 1 aromatic carbocycles. The molecule has 0 unspecified atom stereocenters. The number of nitrogens with one attached hydrogen (secondary N) is 3. The summed E-state index contributed by atoms with van der Waals surface area (Å²) in [4.78, 5) is 31.1. The summed E-state index contributed by atoms with van der Waals surface area (Å²) in [6, 6.07) is 7.18. The van der Waals surface area contributed by atoms with Gasteiger partial charge in [0.25, 0.3) is 5.91 Å². The maximum absolute atomic E-state index is 12.7. The highest BCUT2D eigenvalue weighted by atomic mass is 16.7. The van der Waals surface area contributed by atoms with Crippen LogP contribution in [0.3, 0.4) is 0 Å². The van der Waals surface area contributed by atoms with Gasteiger partial charge in [0, 0.05) is 49.9 Å². The second-order valence-electron chi connectivity index (χ2n) is 8.79. The molecule has 0 spiro atoms. The molecular formula is C23H25N7O5. The lowest BCUT2D eigenvalue weighted by Crippen LogP contribution is -2.48. The van der Waals surface area contributed by atoms with Crippen molar-refractivity contribution in [1.29, 1.82) is 0 Å². The van der Waals surface area contributed by atoms with Gasteiger partial charge in [-0.3, -0.25) is 19.6 Å². The molecule has 2 amide bonds. The van der Waals surface area contributed by atoms with E-state index < -0.39 is 12.0 Å². The Morgan fingerprint density at radius 1 is 1.11 bits per heavy atom. The highest BCUT2D eigenvalue weighted by Crippen LogP contribution is 2.43. The summed E-state index contributed by atoms with van der Waals surface area (Å²) in [5.41, 5.74) is 4.71. The first-order valence-corrected chi connectivity index (χ1v) is 11.0. The monoisotopic (exact) mass is 479 g/mol. The Morgan fingerprint density at radius 2 is 1.89 bits per heavy atom. The van der Waals surface area contributed by atoms with Crippen LogP contribution in [-0.4, -0.2) is 55.0 Å². The molecule has 3 aromatic rings. The van der Waals surface area contributed by atoms with Gasteiger partial charge in [0.05, 0.1) is 34.5 Å². The van der Waals surface area contributed by atoms with E-state index in [1.54, 1.807) is 5.32 Å². The number of hydrogen-bond donors (Lipinski definition) is 6. The first kappa shape index (κ1) is 22.8. The molecule has 3 heterocycles. The maximum Gasteiger partial charge on any atom is 0.369 e. The second-order valence-corrected chi connectivity index (χ2v) is 8.79. The summed E-state index contributed by atoms with van der Waals surface area (Å²) < 4.78 is 1.81. The number of para-hydroxylation sites is 1. The molecule has 1 aliphatic carbocycles. The number of carbonyl (C=O) groups excluding carboxylic acids is 2. The molecule has 0 radical (unpaired) electrons. The fraction of sp³-hybridized carbons (Fsp3) is 0.304. The van der Waals surface area contributed by atoms with Gasteiger partial charge in [0.2, 0.25) is 5.91 Å². The van der Waals surface area contributed by atoms with Crippen LogP contribution in [0.4, 0.5) is 22.9 Å². The van der Waals surface area contributed by atoms with E-state index >= 15 is 0 Å². The third kappa shape index (κ3) is 4.54. The predicted molar refractivity (Wildman–Crippen MR) is 126 cm³/mol. The van der Waals surface area contributed by atoms with Crippen LogP contribution in [-0.2, 0) is 18.4 Å². The van der Waals surface area contributed by atoms with Gasteiger partial charge < -0.3 is 30.9 Å². The zero-order chi connectivity index (χ0) is 24.9. The molecule has 6 N–H and O–H groups in total. The molecule has 1 fully saturated rings. The second kappa shape index (κ2) is 8.34. The molecule has 1 saturated carbocycles. The number of carbonyl (C=O) groups is 2. The van der Waals surface area contributed by atoms with Crippen molar-refractivity contribution in [3.8, 4) is 11.3 Å². The average Bonchev–Trinajstić information content (AvgIpc) is 3.56. The number of nitrogens with zero attached hydrogens (tertiary/aromatic N) is 4. The van der Waals surface area contributed by atoms with Crippen LogP contribution < -0.4 is 20.9 Å². The number of hydrogen-bond acceptors (Lipinski definition) is 9. The van der Waals surface area contributed by atoms with Crippen LogP contribution >= 0.6 is 0 Å². The minimum Gasteiger partial charge on any atom is -0.368 e. The molecule has 0 saturated heterocycles. The lowest BCUT2D eigenvalue weighted by atomic mass is 9.99. The van der Waals surface area contributed by atoms with Crippen LogP contribution in [0, 0.1) is 5.92 Å². The fourth-order valence-corrected chi connectivity index (χ4v) is 4.27. The highest BCUT2D eigenvalue weighted by Gasteiger charge is 2.31. The minimum atomic E-state index is -3.41. The molecule has 1 aliphatic heterocycles. The van der Waals surface area contributed by atoms with Crippen LogP contribution in [0.25, 0.3) is 11.3 Å². The van der Waals surface area contributed by atoms with Crippen molar-refractivity contribution in [2.24, 2.45) is 13.0 Å². The average molecular weight is 479 g/mol. The number of benzene rings is 1. The van der Waals surface area contributed by atoms with Crippen molar-refractivity contribution >= 4 is 34.7 Å². The summed E-state index contributed by atoms with van der Waals surface area (Å²) >= 11 is 0. The third-order valence-electron chi connectivity index (χ3n) is 5.99. The van der Waals surface area contributed by atoms with Gasteiger partial charge in [-0.05, 0) is 18.9 Å². The van der Waals surface area contributed by atoms with E-state index in [9.17, 15) is 24.9 Å². The van der Waals surface area contributed by atoms with E-state index in [4.69, 9.17) is 0 Å². The quantitative estimate of drug-likeness (QED) is 0.281. The van der Waals surface area contributed by atoms with Crippen LogP contribution in [0.15, 0.2) is 36.7 Å². The standard InChI is InChI=1S/C23H25N7O5/c1-29-11-13-9-25-30(2)19(13)14-4-3-5-16(20(14)29)26-17-8-18(27-21(31)12-6-7-12)24-10-15(17)22(32)28-23(33,34)35/h3-5,8-10,12,33-35H,6-7,11H2,1-2H3,(H,28,32)(H2,24,26,27,31). The van der Waals surface area contributed by atoms with E-state index in [1.807, 2.05) is 43.2 Å². The van der Waals surface area contributed by atoms with Gasteiger partial charge >= 0.3 is 6.10 Å². The van der Waals surface area contributed by atoms with E-state index in [0.717, 1.165) is 35.3 Å². The molecule has 5 rings (SSSR count). The Bertz CT molecular complexity index is 1330. The summed E-state index contributed by atoms with van der Waals surface area (Å²) in [5, 5.41) is 39.7. The lowest BCUT2D eigenvalue weighted by molar-refractivity contribution is -0.323. The van der Waals surface area contributed by atoms with Crippen molar-refractivity contribution in [2.45, 2.75) is 25.5 Å². The number of rotatable bonds is 6. The topological polar surface area (TPSA) is 165 Å². The molecule has 35 heavy (non-hydrogen) atoms. The molecular weight excluding hydrogens is 454 g/mol. The van der Waals surface area contributed by atoms with E-state index in [1.165, 1.54) is 12.3 Å². The van der Waals surface area contributed by atoms with E-state index in [0.29, 0.717) is 12.2 Å². The van der Waals surface area contributed by atoms with Crippen molar-refractivity contribution in [2.75, 3.05) is 22.6 Å². The number of pyridine rings is 1. The van der Waals surface area contributed by atoms with Crippen molar-refractivity contribution in [3.63, 3.8) is 0 Å². The highest BCUT2D eigenvalue weighted by molar-refractivity contribution is 6.02. The molecule has 2 aliphatic rings. The molecule has 0 atom stereocenters. The maximum atomic E-state index is 12.7. The van der Waals surface area contributed by atoms with Crippen LogP contribution in [0.2, 0.25) is 0 Å². The van der Waals surface area contributed by atoms with Crippen molar-refractivity contribution in [3.05, 3.63) is 47.8 Å². The molecule has 2 aromatic heterocycles. The number of amides is 2. The van der Waals surface area contributed by atoms with Crippen LogP contribution in [0.1, 0.15) is 28.8 Å². The zero-order valence-electron chi connectivity index (χ0n) is 19.1. The van der Waals surface area contributed by atoms with Crippen molar-refractivity contribution in [1.82, 2.24) is 20.1 Å². The summed E-state index contributed by atoms with van der Waals surface area (Å²) in [6.07, 6.45) is 1.25. The molecule has 0 bridgehead atoms. The van der Waals surface area contributed by atoms with Gasteiger partial charge in [-0.1, -0.05) is 12.1 Å². The third-order valence-corrected chi connectivity index (χ3v) is 5.99. The molecule has 12 nitrogen and oxygen atoms in total. The van der Waals surface area contributed by atoms with Gasteiger partial charge in [-0.2, -0.15) is 5.10 Å². The summed E-state index contributed by atoms with van der Waals surface area (Å²) in [7, 11) is 3.82. The lowest BCUT2D eigenvalue weighted by Gasteiger charge is -2.30. The largest absolute Gasteiger partial charge is 0.369 e. The Morgan fingerprint density at radius 3 is 2.60 bits per heavy atom. The number of fused-ring (bicyclic) bond motifs is 3. The Kier molecular flexibility index (Phi) is 5.43. The van der Waals surface area contributed by atoms with E-state index in [2.05, 4.69) is 25.6 Å². The van der Waals surface area contributed by atoms with Crippen molar-refractivity contribution < 1.29 is 24.9 Å². The minimum absolute atomic E-state index is 0.0437. The fourth-order valence-electron chi connectivity index (χ4n) is 4.27. The van der Waals surface area contributed by atoms with Gasteiger partial charge in [-0.15, -0.1) is 0 Å². The SMILES string of the molecule is CN1Cc2cnn(C)c2-c2cccc(Nc3cc(NC(=O)C4CC4)ncc3C(=O)NC(O)(O)O)c21. The van der Waals surface area contributed by atoms with Gasteiger partial charge in [0.1, 0.15) is 5.82 Å². The first-order chi connectivity index (χ1) is 16.6. The molecule has 12 heteroatoms. The number of aromatic nitrogens is 3. The Labute approximate surface area is 200 Å². The smallest absolute Gasteiger partial charge is 0.368 e. The number of aryl methyl sites for hydroxylation is 1. The predicted octanol–water partition coefficient (Wildman–Crippen LogP) is 0.842. The first-order valence-electron chi connectivity index (χ1n) is 11.0. The van der Waals surface area contributed by atoms with Gasteiger partial charge in [-0.25, -0.2) is 4.98 Å². The van der Waals surface area contributed by atoms with E-state index in [-0.39, 0.29) is 28.9 Å². The Balaban J connectivity index is 1.55. The summed E-state index contributed by atoms with van der Waals surface area (Å²) in [6.45, 7) is 0.628. The van der Waals surface area contributed by atoms with Gasteiger partial charge in [0.15, 0.2) is 0 Å². The zero-order valence-corrected chi connectivity index (χ0v) is 19.1. The van der Waals surface area contributed by atoms with Crippen LogP contribution in [0.5, 0.6) is 0 Å². The molecule has 182 valence electrons. The number of aliphatic hydroxyl groups is 3. The Hall–Kier alpha value is -4.00. The summed E-state index contributed by atoms with van der Waals surface area (Å²) in [5.74, 6) is -0.949. The normalized spacial score (nSPS) is 14.7.